The summed E-state index contributed by atoms with van der Waals surface area (Å²) in [6, 6.07) is 3.45. The summed E-state index contributed by atoms with van der Waals surface area (Å²) >= 11 is 0. The first-order valence-electron chi connectivity index (χ1n) is 12.5. The van der Waals surface area contributed by atoms with Gasteiger partial charge in [-0.1, -0.05) is 38.5 Å². The third-order valence-electron chi connectivity index (χ3n) is 7.07. The molecule has 1 aliphatic carbocycles. The highest BCUT2D eigenvalue weighted by Gasteiger charge is 2.47. The first kappa shape index (κ1) is 30.3. The van der Waals surface area contributed by atoms with Gasteiger partial charge in [0.15, 0.2) is 0 Å². The van der Waals surface area contributed by atoms with Crippen LogP contribution in [0.5, 0.6) is 0 Å². The lowest BCUT2D eigenvalue weighted by molar-refractivity contribution is -0.152. The largest absolute Gasteiger partial charge is 0.417 e. The van der Waals surface area contributed by atoms with Crippen LogP contribution >= 0.6 is 0 Å². The van der Waals surface area contributed by atoms with Crippen molar-refractivity contribution in [2.45, 2.75) is 63.3 Å². The Morgan fingerprint density at radius 2 is 1.70 bits per heavy atom. The van der Waals surface area contributed by atoms with E-state index in [9.17, 15) is 34.8 Å². The number of hydrogen-bond acceptors (Lipinski definition) is 3. The van der Waals surface area contributed by atoms with Gasteiger partial charge in [-0.2, -0.15) is 31.1 Å². The summed E-state index contributed by atoms with van der Waals surface area (Å²) in [5, 5.41) is -1.23. The Kier molecular flexibility index (Phi) is 8.07. The van der Waals surface area contributed by atoms with E-state index < -0.39 is 67.2 Å². The van der Waals surface area contributed by atoms with E-state index in [0.717, 1.165) is 36.5 Å². The standard InChI is InChI=1S/C27H29F7N2O3S/c1-25(2,15-39-3)14-36-13-20(24(27(32,33)34)35-40(37,38)16-7-6-8-16)19-11-22(28)18(12-23(19)36)17-9-4-5-10-21(17)26(29,30)31/h4-5,9-13,16,24,35H,6-8,14-15H2,1-3H3/t24-/m0/s1. The number of nitrogens with zero attached hydrogens (tertiary/aromatic N) is 1. The predicted molar refractivity (Wildman–Crippen MR) is 136 cm³/mol. The second kappa shape index (κ2) is 10.6. The van der Waals surface area contributed by atoms with Crippen molar-refractivity contribution in [2.75, 3.05) is 13.7 Å². The second-order valence-electron chi connectivity index (χ2n) is 10.9. The molecule has 0 bridgehead atoms. The molecule has 3 aromatic rings. The molecule has 1 atom stereocenters. The molecule has 220 valence electrons. The molecule has 0 radical (unpaired) electrons. The second-order valence-corrected chi connectivity index (χ2v) is 12.9. The Balaban J connectivity index is 1.96. The van der Waals surface area contributed by atoms with Crippen LogP contribution < -0.4 is 4.72 Å². The van der Waals surface area contributed by atoms with Gasteiger partial charge in [0.1, 0.15) is 11.9 Å². The number of aromatic nitrogens is 1. The molecule has 1 fully saturated rings. The minimum atomic E-state index is -5.09. The number of fused-ring (bicyclic) bond motifs is 1. The lowest BCUT2D eigenvalue weighted by Crippen LogP contribution is -2.44. The molecule has 13 heteroatoms. The van der Waals surface area contributed by atoms with E-state index in [1.165, 1.54) is 17.7 Å². The van der Waals surface area contributed by atoms with Gasteiger partial charge in [0.25, 0.3) is 0 Å². The third-order valence-corrected chi connectivity index (χ3v) is 8.98. The number of rotatable bonds is 9. The first-order chi connectivity index (χ1) is 18.4. The number of sulfonamides is 1. The lowest BCUT2D eigenvalue weighted by Gasteiger charge is -2.29. The van der Waals surface area contributed by atoms with E-state index in [0.29, 0.717) is 6.42 Å². The molecule has 40 heavy (non-hydrogen) atoms. The molecule has 0 spiro atoms. The van der Waals surface area contributed by atoms with Crippen LogP contribution in [-0.2, 0) is 27.5 Å². The van der Waals surface area contributed by atoms with Crippen LogP contribution in [0.3, 0.4) is 0 Å². The Bertz CT molecular complexity index is 1490. The van der Waals surface area contributed by atoms with Gasteiger partial charge in [-0.3, -0.25) is 0 Å². The summed E-state index contributed by atoms with van der Waals surface area (Å²) in [6.45, 7) is 3.77. The Hall–Kier alpha value is -2.64. The van der Waals surface area contributed by atoms with Gasteiger partial charge in [-0.25, -0.2) is 12.8 Å². The number of alkyl halides is 6. The summed E-state index contributed by atoms with van der Waals surface area (Å²) < 4.78 is 134. The van der Waals surface area contributed by atoms with Crippen LogP contribution in [0.25, 0.3) is 22.0 Å². The Morgan fingerprint density at radius 3 is 2.25 bits per heavy atom. The average molecular weight is 595 g/mol. The summed E-state index contributed by atoms with van der Waals surface area (Å²) in [6.07, 6.45) is -7.79. The van der Waals surface area contributed by atoms with Gasteiger partial charge in [-0.15, -0.1) is 0 Å². The molecule has 0 unspecified atom stereocenters. The van der Waals surface area contributed by atoms with Crippen LogP contribution in [-0.4, -0.2) is 38.1 Å². The molecule has 0 amide bonds. The molecule has 2 aromatic carbocycles. The monoisotopic (exact) mass is 594 g/mol. The maximum Gasteiger partial charge on any atom is 0.417 e. The number of methoxy groups -OCH3 is 1. The molecule has 1 heterocycles. The van der Waals surface area contributed by atoms with Crippen molar-refractivity contribution < 1.29 is 43.9 Å². The summed E-state index contributed by atoms with van der Waals surface area (Å²) in [5.41, 5.74) is -3.21. The van der Waals surface area contributed by atoms with E-state index in [1.54, 1.807) is 18.6 Å². The van der Waals surface area contributed by atoms with Gasteiger partial charge in [0, 0.05) is 47.3 Å². The van der Waals surface area contributed by atoms with Gasteiger partial charge in [0.05, 0.1) is 17.4 Å². The number of halogens is 7. The maximum absolute atomic E-state index is 15.5. The van der Waals surface area contributed by atoms with Crippen LogP contribution in [0.2, 0.25) is 0 Å². The predicted octanol–water partition coefficient (Wildman–Crippen LogP) is 7.21. The van der Waals surface area contributed by atoms with Crippen molar-refractivity contribution >= 4 is 20.9 Å². The van der Waals surface area contributed by atoms with Crippen molar-refractivity contribution in [3.63, 3.8) is 0 Å². The lowest BCUT2D eigenvalue weighted by atomic mass is 9.94. The van der Waals surface area contributed by atoms with Crippen molar-refractivity contribution in [2.24, 2.45) is 5.41 Å². The summed E-state index contributed by atoms with van der Waals surface area (Å²) in [7, 11) is -2.92. The van der Waals surface area contributed by atoms with Crippen molar-refractivity contribution in [1.82, 2.24) is 9.29 Å². The Labute approximate surface area is 227 Å². The van der Waals surface area contributed by atoms with Crippen LogP contribution in [0.15, 0.2) is 42.6 Å². The molecule has 4 rings (SSSR count). The van der Waals surface area contributed by atoms with E-state index in [4.69, 9.17) is 4.74 Å². The van der Waals surface area contributed by atoms with Gasteiger partial charge in [0.2, 0.25) is 10.0 Å². The SMILES string of the molecule is COCC(C)(C)Cn1cc([C@H](NS(=O)(=O)C2CCC2)C(F)(F)F)c2cc(F)c(-c3ccccc3C(F)(F)F)cc21. The molecule has 1 aromatic heterocycles. The zero-order valence-corrected chi connectivity index (χ0v) is 22.8. The molecule has 1 saturated carbocycles. The number of hydrogen-bond donors (Lipinski definition) is 1. The average Bonchev–Trinajstić information content (AvgIpc) is 3.10. The van der Waals surface area contributed by atoms with E-state index in [1.807, 2.05) is 0 Å². The first-order valence-corrected chi connectivity index (χ1v) is 14.0. The highest BCUT2D eigenvalue weighted by atomic mass is 32.2. The van der Waals surface area contributed by atoms with E-state index in [-0.39, 0.29) is 36.9 Å². The minimum absolute atomic E-state index is 0.0182. The fourth-order valence-corrected chi connectivity index (χ4v) is 6.75. The maximum atomic E-state index is 15.5. The topological polar surface area (TPSA) is 60.3 Å². The third kappa shape index (κ3) is 6.15. The van der Waals surface area contributed by atoms with Gasteiger partial charge < -0.3 is 9.30 Å². The van der Waals surface area contributed by atoms with Gasteiger partial charge >= 0.3 is 12.4 Å². The normalized spacial score (nSPS) is 16.4. The number of nitrogens with one attached hydrogen (secondary N) is 1. The smallest absolute Gasteiger partial charge is 0.384 e. The minimum Gasteiger partial charge on any atom is -0.384 e. The zero-order chi connectivity index (χ0) is 29.7. The summed E-state index contributed by atoms with van der Waals surface area (Å²) in [4.78, 5) is 0. The molecular formula is C27H29F7N2O3S. The molecule has 1 aliphatic rings. The van der Waals surface area contributed by atoms with Crippen LogP contribution in [0.4, 0.5) is 30.7 Å². The summed E-state index contributed by atoms with van der Waals surface area (Å²) in [5.74, 6) is -1.18. The van der Waals surface area contributed by atoms with E-state index in [2.05, 4.69) is 0 Å². The van der Waals surface area contributed by atoms with Gasteiger partial charge in [-0.05, 0) is 36.6 Å². The van der Waals surface area contributed by atoms with Crippen LogP contribution in [0.1, 0.15) is 50.3 Å². The molecule has 0 saturated heterocycles. The van der Waals surface area contributed by atoms with Crippen molar-refractivity contribution in [3.8, 4) is 11.1 Å². The highest BCUT2D eigenvalue weighted by molar-refractivity contribution is 7.90. The number of benzene rings is 2. The quantitative estimate of drug-likeness (QED) is 0.266. The highest BCUT2D eigenvalue weighted by Crippen LogP contribution is 2.43. The van der Waals surface area contributed by atoms with E-state index >= 15 is 4.39 Å². The fourth-order valence-electron chi connectivity index (χ4n) is 5.02. The molecule has 0 aliphatic heterocycles. The zero-order valence-electron chi connectivity index (χ0n) is 22.0. The fraction of sp³-hybridized carbons (Fsp3) is 0.481. The van der Waals surface area contributed by atoms with Crippen molar-refractivity contribution in [3.05, 3.63) is 59.5 Å². The van der Waals surface area contributed by atoms with Crippen molar-refractivity contribution in [1.29, 1.82) is 0 Å². The molecule has 1 N–H and O–H groups in total. The molecule has 5 nitrogen and oxygen atoms in total. The Morgan fingerprint density at radius 1 is 1.05 bits per heavy atom. The van der Waals surface area contributed by atoms with Crippen LogP contribution in [0, 0.1) is 11.2 Å². The number of ether oxygens (including phenoxy) is 1. The molecular weight excluding hydrogens is 565 g/mol.